The molecule has 1 atom stereocenters. The largest absolute Gasteiger partial charge is 0.354 e. The molecule has 1 aromatic rings. The predicted molar refractivity (Wildman–Crippen MR) is 79.4 cm³/mol. The highest BCUT2D eigenvalue weighted by molar-refractivity contribution is 5.41. The van der Waals surface area contributed by atoms with Gasteiger partial charge in [-0.05, 0) is 31.7 Å². The van der Waals surface area contributed by atoms with Crippen molar-refractivity contribution in [2.24, 2.45) is 5.92 Å². The minimum atomic E-state index is -0.243. The summed E-state index contributed by atoms with van der Waals surface area (Å²) in [5.74, 6) is 0.796. The Hall–Kier alpha value is -1.23. The van der Waals surface area contributed by atoms with Crippen LogP contribution in [0.15, 0.2) is 6.33 Å². The van der Waals surface area contributed by atoms with Crippen molar-refractivity contribution in [1.82, 2.24) is 15.3 Å². The lowest BCUT2D eigenvalue weighted by Gasteiger charge is -2.34. The molecule has 2 rings (SSSR count). The van der Waals surface area contributed by atoms with E-state index in [1.165, 1.54) is 12.7 Å². The summed E-state index contributed by atoms with van der Waals surface area (Å²) < 4.78 is 14.3. The third kappa shape index (κ3) is 3.66. The van der Waals surface area contributed by atoms with E-state index >= 15 is 0 Å². The molecule has 20 heavy (non-hydrogen) atoms. The van der Waals surface area contributed by atoms with Crippen LogP contribution < -0.4 is 10.2 Å². The SMILES string of the molecule is CCc1ncnc(N2CCCC(CNC(C)C)C2)c1F. The van der Waals surface area contributed by atoms with E-state index in [0.29, 0.717) is 29.9 Å². The van der Waals surface area contributed by atoms with Crippen molar-refractivity contribution >= 4 is 5.82 Å². The minimum absolute atomic E-state index is 0.243. The maximum absolute atomic E-state index is 14.3. The summed E-state index contributed by atoms with van der Waals surface area (Å²) in [6.45, 7) is 8.96. The van der Waals surface area contributed by atoms with Crippen LogP contribution in [0.5, 0.6) is 0 Å². The van der Waals surface area contributed by atoms with Crippen molar-refractivity contribution < 1.29 is 4.39 Å². The average molecular weight is 280 g/mol. The van der Waals surface area contributed by atoms with Crippen molar-refractivity contribution in [2.45, 2.75) is 46.1 Å². The molecule has 0 radical (unpaired) electrons. The van der Waals surface area contributed by atoms with Crippen LogP contribution in [-0.4, -0.2) is 35.6 Å². The van der Waals surface area contributed by atoms with Crippen LogP contribution >= 0.6 is 0 Å². The maximum atomic E-state index is 14.3. The van der Waals surface area contributed by atoms with Crippen molar-refractivity contribution in [3.05, 3.63) is 17.8 Å². The second-order valence-corrected chi connectivity index (χ2v) is 5.83. The fraction of sp³-hybridized carbons (Fsp3) is 0.733. The summed E-state index contributed by atoms with van der Waals surface area (Å²) in [6.07, 6.45) is 4.37. The van der Waals surface area contributed by atoms with E-state index in [1.54, 1.807) is 0 Å². The number of aromatic nitrogens is 2. The van der Waals surface area contributed by atoms with E-state index in [4.69, 9.17) is 0 Å². The van der Waals surface area contributed by atoms with Gasteiger partial charge in [0, 0.05) is 19.1 Å². The molecule has 1 aromatic heterocycles. The molecule has 0 aromatic carbocycles. The molecule has 0 spiro atoms. The summed E-state index contributed by atoms with van der Waals surface area (Å²) in [5.41, 5.74) is 0.512. The van der Waals surface area contributed by atoms with Gasteiger partial charge in [-0.15, -0.1) is 0 Å². The molecule has 5 heteroatoms. The predicted octanol–water partition coefficient (Wildman–Crippen LogP) is 2.39. The van der Waals surface area contributed by atoms with Gasteiger partial charge in [0.25, 0.3) is 0 Å². The van der Waals surface area contributed by atoms with Gasteiger partial charge in [0.2, 0.25) is 0 Å². The minimum Gasteiger partial charge on any atom is -0.354 e. The van der Waals surface area contributed by atoms with Gasteiger partial charge in [-0.1, -0.05) is 20.8 Å². The molecular weight excluding hydrogens is 255 g/mol. The number of anilines is 1. The van der Waals surface area contributed by atoms with E-state index < -0.39 is 0 Å². The molecule has 0 saturated carbocycles. The zero-order valence-electron chi connectivity index (χ0n) is 12.7. The number of hydrogen-bond donors (Lipinski definition) is 1. The normalized spacial score (nSPS) is 19.6. The zero-order valence-corrected chi connectivity index (χ0v) is 12.7. The number of rotatable bonds is 5. The van der Waals surface area contributed by atoms with Gasteiger partial charge in [-0.3, -0.25) is 0 Å². The molecule has 2 heterocycles. The Morgan fingerprint density at radius 1 is 1.45 bits per heavy atom. The van der Waals surface area contributed by atoms with Crippen molar-refractivity contribution in [3.63, 3.8) is 0 Å². The quantitative estimate of drug-likeness (QED) is 0.899. The van der Waals surface area contributed by atoms with Gasteiger partial charge < -0.3 is 10.2 Å². The highest BCUT2D eigenvalue weighted by Crippen LogP contribution is 2.24. The number of hydrogen-bond acceptors (Lipinski definition) is 4. The van der Waals surface area contributed by atoms with Gasteiger partial charge >= 0.3 is 0 Å². The molecule has 112 valence electrons. The molecule has 4 nitrogen and oxygen atoms in total. The Labute approximate surface area is 120 Å². The fourth-order valence-corrected chi connectivity index (χ4v) is 2.69. The van der Waals surface area contributed by atoms with Crippen LogP contribution in [0, 0.1) is 11.7 Å². The van der Waals surface area contributed by atoms with Crippen LogP contribution in [0.4, 0.5) is 10.2 Å². The lowest BCUT2D eigenvalue weighted by Crippen LogP contribution is -2.41. The molecule has 0 amide bonds. The standard InChI is InChI=1S/C15H25FN4/c1-4-13-14(16)15(19-10-18-13)20-7-5-6-12(9-20)8-17-11(2)3/h10-12,17H,4-9H2,1-3H3. The first kappa shape index (κ1) is 15.2. The monoisotopic (exact) mass is 280 g/mol. The Kier molecular flexibility index (Phi) is 5.29. The fourth-order valence-electron chi connectivity index (χ4n) is 2.69. The van der Waals surface area contributed by atoms with E-state index in [9.17, 15) is 4.39 Å². The first-order valence-electron chi connectivity index (χ1n) is 7.59. The van der Waals surface area contributed by atoms with Gasteiger partial charge in [-0.25, -0.2) is 14.4 Å². The highest BCUT2D eigenvalue weighted by atomic mass is 19.1. The lowest BCUT2D eigenvalue weighted by atomic mass is 9.97. The molecule has 1 saturated heterocycles. The topological polar surface area (TPSA) is 41.1 Å². The number of halogens is 1. The average Bonchev–Trinajstić information content (AvgIpc) is 2.45. The summed E-state index contributed by atoms with van der Waals surface area (Å²) in [5, 5.41) is 3.47. The van der Waals surface area contributed by atoms with Gasteiger partial charge in [0.1, 0.15) is 6.33 Å². The van der Waals surface area contributed by atoms with E-state index in [0.717, 1.165) is 26.1 Å². The third-order valence-electron chi connectivity index (χ3n) is 3.81. The van der Waals surface area contributed by atoms with Crippen LogP contribution in [0.3, 0.4) is 0 Å². The van der Waals surface area contributed by atoms with Gasteiger partial charge in [-0.2, -0.15) is 0 Å². The molecular formula is C15H25FN4. The van der Waals surface area contributed by atoms with E-state index in [2.05, 4.69) is 34.0 Å². The zero-order chi connectivity index (χ0) is 14.5. The Balaban J connectivity index is 2.05. The second kappa shape index (κ2) is 6.97. The lowest BCUT2D eigenvalue weighted by molar-refractivity contribution is 0.375. The molecule has 1 N–H and O–H groups in total. The van der Waals surface area contributed by atoms with Gasteiger partial charge in [0.05, 0.1) is 5.69 Å². The summed E-state index contributed by atoms with van der Waals surface area (Å²) >= 11 is 0. The van der Waals surface area contributed by atoms with Crippen molar-refractivity contribution in [3.8, 4) is 0 Å². The number of nitrogens with one attached hydrogen (secondary N) is 1. The number of aryl methyl sites for hydroxylation is 1. The first-order chi connectivity index (χ1) is 9.61. The van der Waals surface area contributed by atoms with E-state index in [-0.39, 0.29) is 5.82 Å². The van der Waals surface area contributed by atoms with Crippen LogP contribution in [0.1, 0.15) is 39.3 Å². The van der Waals surface area contributed by atoms with Crippen LogP contribution in [-0.2, 0) is 6.42 Å². The molecule has 1 aliphatic heterocycles. The molecule has 0 aliphatic carbocycles. The molecule has 1 aliphatic rings. The van der Waals surface area contributed by atoms with Gasteiger partial charge in [0.15, 0.2) is 11.6 Å². The van der Waals surface area contributed by atoms with Crippen molar-refractivity contribution in [2.75, 3.05) is 24.5 Å². The second-order valence-electron chi connectivity index (χ2n) is 5.83. The van der Waals surface area contributed by atoms with E-state index in [1.807, 2.05) is 6.92 Å². The number of nitrogens with zero attached hydrogens (tertiary/aromatic N) is 3. The number of piperidine rings is 1. The molecule has 1 unspecified atom stereocenters. The maximum Gasteiger partial charge on any atom is 0.187 e. The summed E-state index contributed by atoms with van der Waals surface area (Å²) in [7, 11) is 0. The Bertz CT molecular complexity index is 436. The highest BCUT2D eigenvalue weighted by Gasteiger charge is 2.24. The summed E-state index contributed by atoms with van der Waals surface area (Å²) in [6, 6.07) is 0.493. The summed E-state index contributed by atoms with van der Waals surface area (Å²) in [4.78, 5) is 10.2. The molecule has 1 fully saturated rings. The third-order valence-corrected chi connectivity index (χ3v) is 3.81. The van der Waals surface area contributed by atoms with Crippen LogP contribution in [0.2, 0.25) is 0 Å². The van der Waals surface area contributed by atoms with Crippen LogP contribution in [0.25, 0.3) is 0 Å². The smallest absolute Gasteiger partial charge is 0.187 e. The Morgan fingerprint density at radius 3 is 2.95 bits per heavy atom. The Morgan fingerprint density at radius 2 is 2.25 bits per heavy atom. The molecule has 0 bridgehead atoms. The van der Waals surface area contributed by atoms with Crippen molar-refractivity contribution in [1.29, 1.82) is 0 Å². The first-order valence-corrected chi connectivity index (χ1v) is 7.59.